The number of urea groups is 1. The second kappa shape index (κ2) is 6.38. The molecular formula is C18H24N6O. The summed E-state index contributed by atoms with van der Waals surface area (Å²) in [5, 5.41) is 13.8. The third-order valence-electron chi connectivity index (χ3n) is 5.20. The molecule has 1 aromatic carbocycles. The van der Waals surface area contributed by atoms with E-state index in [9.17, 15) is 4.79 Å². The summed E-state index contributed by atoms with van der Waals surface area (Å²) in [6.45, 7) is 5.95. The molecule has 2 amide bonds. The Balaban J connectivity index is 1.60. The third-order valence-corrected chi connectivity index (χ3v) is 5.20. The first-order valence-electron chi connectivity index (χ1n) is 8.94. The minimum absolute atomic E-state index is 0.0688. The van der Waals surface area contributed by atoms with Crippen LogP contribution in [0.15, 0.2) is 30.5 Å². The third kappa shape index (κ3) is 2.83. The maximum absolute atomic E-state index is 13.1. The van der Waals surface area contributed by atoms with Crippen molar-refractivity contribution in [2.24, 2.45) is 5.92 Å². The largest absolute Gasteiger partial charge is 0.365 e. The van der Waals surface area contributed by atoms with Crippen LogP contribution in [0.3, 0.4) is 0 Å². The SMILES string of the molecule is CC(C)C(NC(=O)N1CC2CCCN2c2ccccc21)c1cn[nH]n1. The number of carbonyl (C=O) groups excluding carboxylic acids is 1. The molecule has 2 aliphatic rings. The second-order valence-corrected chi connectivity index (χ2v) is 7.15. The maximum atomic E-state index is 13.1. The van der Waals surface area contributed by atoms with Gasteiger partial charge in [0.2, 0.25) is 0 Å². The summed E-state index contributed by atoms with van der Waals surface area (Å²) in [7, 11) is 0. The zero-order chi connectivity index (χ0) is 17.4. The van der Waals surface area contributed by atoms with Gasteiger partial charge in [0, 0.05) is 19.1 Å². The highest BCUT2D eigenvalue weighted by atomic mass is 16.2. The first kappa shape index (κ1) is 15.9. The molecule has 4 rings (SSSR count). The van der Waals surface area contributed by atoms with E-state index in [1.807, 2.05) is 23.1 Å². The van der Waals surface area contributed by atoms with Crippen molar-refractivity contribution in [2.75, 3.05) is 22.9 Å². The quantitative estimate of drug-likeness (QED) is 0.901. The highest BCUT2D eigenvalue weighted by molar-refractivity contribution is 5.97. The number of rotatable bonds is 3. The molecule has 2 aromatic rings. The molecule has 1 aromatic heterocycles. The topological polar surface area (TPSA) is 77.2 Å². The fourth-order valence-electron chi connectivity index (χ4n) is 3.93. The van der Waals surface area contributed by atoms with Crippen molar-refractivity contribution in [1.82, 2.24) is 20.7 Å². The Bertz CT molecular complexity index is 744. The van der Waals surface area contributed by atoms with E-state index in [2.05, 4.69) is 45.5 Å². The van der Waals surface area contributed by atoms with Crippen molar-refractivity contribution in [3.05, 3.63) is 36.2 Å². The number of nitrogens with one attached hydrogen (secondary N) is 2. The van der Waals surface area contributed by atoms with E-state index < -0.39 is 0 Å². The zero-order valence-corrected chi connectivity index (χ0v) is 14.6. The molecule has 0 spiro atoms. The number of hydrogen-bond donors (Lipinski definition) is 2. The number of fused-ring (bicyclic) bond motifs is 3. The Morgan fingerprint density at radius 3 is 2.84 bits per heavy atom. The van der Waals surface area contributed by atoms with E-state index in [-0.39, 0.29) is 18.0 Å². The summed E-state index contributed by atoms with van der Waals surface area (Å²) < 4.78 is 0. The number of nitrogens with zero attached hydrogens (tertiary/aromatic N) is 4. The zero-order valence-electron chi connectivity index (χ0n) is 14.6. The lowest BCUT2D eigenvalue weighted by atomic mass is 10.0. The van der Waals surface area contributed by atoms with Gasteiger partial charge in [-0.1, -0.05) is 26.0 Å². The maximum Gasteiger partial charge on any atom is 0.322 e. The first-order chi connectivity index (χ1) is 12.1. The van der Waals surface area contributed by atoms with Crippen LogP contribution in [0.1, 0.15) is 38.4 Å². The fraction of sp³-hybridized carbons (Fsp3) is 0.500. The Kier molecular flexibility index (Phi) is 4.07. The van der Waals surface area contributed by atoms with Gasteiger partial charge in [-0.25, -0.2) is 4.79 Å². The lowest BCUT2D eigenvalue weighted by molar-refractivity contribution is 0.237. The summed E-state index contributed by atoms with van der Waals surface area (Å²) >= 11 is 0. The van der Waals surface area contributed by atoms with Crippen molar-refractivity contribution in [3.63, 3.8) is 0 Å². The number of hydrogen-bond acceptors (Lipinski definition) is 4. The van der Waals surface area contributed by atoms with E-state index in [4.69, 9.17) is 0 Å². The molecule has 2 aliphatic heterocycles. The van der Waals surface area contributed by atoms with Crippen LogP contribution in [0.5, 0.6) is 0 Å². The molecule has 3 heterocycles. The van der Waals surface area contributed by atoms with E-state index in [0.29, 0.717) is 6.04 Å². The molecule has 0 aliphatic carbocycles. The molecule has 2 unspecified atom stereocenters. The number of H-pyrrole nitrogens is 1. The average Bonchev–Trinajstić information content (AvgIpc) is 3.29. The van der Waals surface area contributed by atoms with Gasteiger partial charge in [-0.3, -0.25) is 4.90 Å². The number of anilines is 2. The minimum atomic E-state index is -0.167. The molecule has 2 atom stereocenters. The van der Waals surface area contributed by atoms with E-state index >= 15 is 0 Å². The average molecular weight is 340 g/mol. The molecule has 7 nitrogen and oxygen atoms in total. The van der Waals surface area contributed by atoms with Crippen LogP contribution < -0.4 is 15.1 Å². The normalized spacial score (nSPS) is 20.4. The molecule has 0 bridgehead atoms. The summed E-state index contributed by atoms with van der Waals surface area (Å²) in [4.78, 5) is 17.4. The van der Waals surface area contributed by atoms with Crippen molar-refractivity contribution >= 4 is 17.4 Å². The summed E-state index contributed by atoms with van der Waals surface area (Å²) in [5.74, 6) is 0.220. The highest BCUT2D eigenvalue weighted by Gasteiger charge is 2.37. The molecule has 25 heavy (non-hydrogen) atoms. The Hall–Kier alpha value is -2.57. The van der Waals surface area contributed by atoms with Gasteiger partial charge in [-0.2, -0.15) is 15.4 Å². The van der Waals surface area contributed by atoms with Crippen LogP contribution in [0.4, 0.5) is 16.2 Å². The molecule has 7 heteroatoms. The molecule has 1 fully saturated rings. The van der Waals surface area contributed by atoms with Gasteiger partial charge in [0.15, 0.2) is 0 Å². The van der Waals surface area contributed by atoms with Gasteiger partial charge >= 0.3 is 6.03 Å². The summed E-state index contributed by atoms with van der Waals surface area (Å²) in [6.07, 6.45) is 3.99. The summed E-state index contributed by atoms with van der Waals surface area (Å²) in [5.41, 5.74) is 2.91. The lowest BCUT2D eigenvalue weighted by Gasteiger charge is -2.40. The Labute approximate surface area is 147 Å². The van der Waals surface area contributed by atoms with Crippen LogP contribution in [-0.2, 0) is 0 Å². The number of benzene rings is 1. The fourth-order valence-corrected chi connectivity index (χ4v) is 3.93. The van der Waals surface area contributed by atoms with Crippen molar-refractivity contribution in [2.45, 2.75) is 38.8 Å². The molecule has 0 saturated carbocycles. The predicted molar refractivity (Wildman–Crippen MR) is 96.6 cm³/mol. The predicted octanol–water partition coefficient (Wildman–Crippen LogP) is 2.70. The van der Waals surface area contributed by atoms with Gasteiger partial charge in [-0.05, 0) is 30.9 Å². The molecule has 2 N–H and O–H groups in total. The second-order valence-electron chi connectivity index (χ2n) is 7.15. The number of aromatic amines is 1. The van der Waals surface area contributed by atoms with E-state index in [1.54, 1.807) is 6.20 Å². The van der Waals surface area contributed by atoms with Crippen LogP contribution in [0.2, 0.25) is 0 Å². The molecule has 1 saturated heterocycles. The van der Waals surface area contributed by atoms with Crippen molar-refractivity contribution in [1.29, 1.82) is 0 Å². The number of amides is 2. The van der Waals surface area contributed by atoms with Crippen molar-refractivity contribution < 1.29 is 4.79 Å². The van der Waals surface area contributed by atoms with Crippen LogP contribution >= 0.6 is 0 Å². The van der Waals surface area contributed by atoms with Crippen molar-refractivity contribution in [3.8, 4) is 0 Å². The monoisotopic (exact) mass is 340 g/mol. The molecule has 132 valence electrons. The number of aromatic nitrogens is 3. The Morgan fingerprint density at radius 2 is 2.12 bits per heavy atom. The minimum Gasteiger partial charge on any atom is -0.365 e. The van der Waals surface area contributed by atoms with E-state index in [0.717, 1.165) is 36.6 Å². The highest BCUT2D eigenvalue weighted by Crippen LogP contribution is 2.39. The molecule has 0 radical (unpaired) electrons. The first-order valence-corrected chi connectivity index (χ1v) is 8.94. The van der Waals surface area contributed by atoms with Crippen LogP contribution in [0, 0.1) is 5.92 Å². The van der Waals surface area contributed by atoms with E-state index in [1.165, 1.54) is 6.42 Å². The van der Waals surface area contributed by atoms with Gasteiger partial charge < -0.3 is 10.2 Å². The van der Waals surface area contributed by atoms with Gasteiger partial charge in [0.05, 0.1) is 23.6 Å². The number of carbonyl (C=O) groups is 1. The number of para-hydroxylation sites is 2. The standard InChI is InChI=1S/C18H24N6O/c1-12(2)17(14-10-19-22-21-14)20-18(25)24-11-13-6-5-9-23(13)15-7-3-4-8-16(15)24/h3-4,7-8,10,12-13,17H,5-6,9,11H2,1-2H3,(H,20,25)(H,19,21,22). The van der Waals surface area contributed by atoms with Gasteiger partial charge in [0.25, 0.3) is 0 Å². The van der Waals surface area contributed by atoms with Crippen LogP contribution in [0.25, 0.3) is 0 Å². The Morgan fingerprint density at radius 1 is 1.32 bits per heavy atom. The lowest BCUT2D eigenvalue weighted by Crippen LogP contribution is -2.52. The molecular weight excluding hydrogens is 316 g/mol. The summed E-state index contributed by atoms with van der Waals surface area (Å²) in [6, 6.07) is 8.36. The smallest absolute Gasteiger partial charge is 0.322 e. The van der Waals surface area contributed by atoms with Crippen LogP contribution in [-0.4, -0.2) is 40.6 Å². The van der Waals surface area contributed by atoms with Gasteiger partial charge in [0.1, 0.15) is 5.69 Å². The van der Waals surface area contributed by atoms with Gasteiger partial charge in [-0.15, -0.1) is 0 Å².